The van der Waals surface area contributed by atoms with E-state index in [4.69, 9.17) is 0 Å². The summed E-state index contributed by atoms with van der Waals surface area (Å²) in [7, 11) is 0. The lowest BCUT2D eigenvalue weighted by atomic mass is 10.2. The van der Waals surface area contributed by atoms with E-state index in [2.05, 4.69) is 29.0 Å². The quantitative estimate of drug-likeness (QED) is 0.552. The smallest absolute Gasteiger partial charge is 0.0815 e. The third-order valence-corrected chi connectivity index (χ3v) is 2.50. The third-order valence-electron chi connectivity index (χ3n) is 2.50. The number of fused-ring (bicyclic) bond motifs is 1. The lowest BCUT2D eigenvalue weighted by molar-refractivity contribution is 0.842. The van der Waals surface area contributed by atoms with Crippen LogP contribution in [0.1, 0.15) is 26.2 Å². The summed E-state index contributed by atoms with van der Waals surface area (Å²) in [6.07, 6.45) is 7.26. The summed E-state index contributed by atoms with van der Waals surface area (Å²) in [5.41, 5.74) is 1.96. The van der Waals surface area contributed by atoms with Gasteiger partial charge in [0.15, 0.2) is 0 Å². The van der Waals surface area contributed by atoms with E-state index in [-0.39, 0.29) is 0 Å². The summed E-state index contributed by atoms with van der Waals surface area (Å²) in [6.45, 7) is 2.19. The maximum absolute atomic E-state index is 4.41. The van der Waals surface area contributed by atoms with Gasteiger partial charge in [0.25, 0.3) is 0 Å². The van der Waals surface area contributed by atoms with E-state index in [1.807, 2.05) is 30.6 Å². The summed E-state index contributed by atoms with van der Waals surface area (Å²) in [6, 6.07) is 10.2. The Balaban J connectivity index is 2.16. The number of aromatic nitrogens is 1. The van der Waals surface area contributed by atoms with Crippen molar-refractivity contribution in [2.75, 3.05) is 0 Å². The van der Waals surface area contributed by atoms with Gasteiger partial charge in [-0.15, -0.1) is 0 Å². The Kier molecular flexibility index (Phi) is 3.65. The molecule has 0 fully saturated rings. The average molecular weight is 212 g/mol. The van der Waals surface area contributed by atoms with Crippen molar-refractivity contribution < 1.29 is 0 Å². The van der Waals surface area contributed by atoms with Crippen molar-refractivity contribution in [1.82, 2.24) is 4.98 Å². The van der Waals surface area contributed by atoms with Crippen molar-refractivity contribution in [3.05, 3.63) is 36.5 Å². The predicted molar refractivity (Wildman–Crippen MR) is 69.4 cm³/mol. The molecule has 1 aromatic carbocycles. The standard InChI is InChI=1S/C14H16N2/c1-2-3-6-9-15-13-10-12-7-4-5-8-14(12)16-11-13/h4-5,7-11H,2-3,6H2,1H3. The van der Waals surface area contributed by atoms with Crippen LogP contribution in [0.15, 0.2) is 41.5 Å². The van der Waals surface area contributed by atoms with Crippen molar-refractivity contribution in [2.24, 2.45) is 4.99 Å². The van der Waals surface area contributed by atoms with Crippen molar-refractivity contribution in [2.45, 2.75) is 26.2 Å². The summed E-state index contributed by atoms with van der Waals surface area (Å²) < 4.78 is 0. The van der Waals surface area contributed by atoms with Gasteiger partial charge in [-0.25, -0.2) is 0 Å². The lowest BCUT2D eigenvalue weighted by Crippen LogP contribution is -1.78. The fourth-order valence-electron chi connectivity index (χ4n) is 1.60. The van der Waals surface area contributed by atoms with Crippen LogP contribution in [0.5, 0.6) is 0 Å². The molecule has 2 heteroatoms. The van der Waals surface area contributed by atoms with Gasteiger partial charge >= 0.3 is 0 Å². The van der Waals surface area contributed by atoms with Crippen molar-refractivity contribution in [3.63, 3.8) is 0 Å². The second-order valence-corrected chi connectivity index (χ2v) is 3.84. The van der Waals surface area contributed by atoms with Gasteiger partial charge < -0.3 is 0 Å². The molecule has 0 spiro atoms. The van der Waals surface area contributed by atoms with Gasteiger partial charge in [0.2, 0.25) is 0 Å². The zero-order chi connectivity index (χ0) is 11.2. The molecule has 0 bridgehead atoms. The fraction of sp³-hybridized carbons (Fsp3) is 0.286. The molecule has 82 valence electrons. The van der Waals surface area contributed by atoms with E-state index in [0.29, 0.717) is 0 Å². The van der Waals surface area contributed by atoms with Crippen LogP contribution < -0.4 is 0 Å². The molecule has 0 unspecified atom stereocenters. The largest absolute Gasteiger partial charge is 0.260 e. The number of rotatable bonds is 4. The zero-order valence-corrected chi connectivity index (χ0v) is 9.56. The minimum absolute atomic E-state index is 0.940. The summed E-state index contributed by atoms with van der Waals surface area (Å²) in [5, 5.41) is 1.15. The van der Waals surface area contributed by atoms with Crippen LogP contribution in [-0.4, -0.2) is 11.2 Å². The number of para-hydroxylation sites is 1. The number of aliphatic imine (C=N–C) groups is 1. The highest BCUT2D eigenvalue weighted by atomic mass is 14.8. The van der Waals surface area contributed by atoms with Gasteiger partial charge in [-0.05, 0) is 25.0 Å². The number of unbranched alkanes of at least 4 members (excludes halogenated alkanes) is 2. The second kappa shape index (κ2) is 5.40. The van der Waals surface area contributed by atoms with Gasteiger partial charge in [-0.3, -0.25) is 9.98 Å². The SMILES string of the molecule is CCCCC=Nc1cnc2ccccc2c1. The first-order valence-electron chi connectivity index (χ1n) is 5.77. The van der Waals surface area contributed by atoms with E-state index in [9.17, 15) is 0 Å². The predicted octanol–water partition coefficient (Wildman–Crippen LogP) is 4.13. The van der Waals surface area contributed by atoms with E-state index in [1.54, 1.807) is 0 Å². The molecule has 0 saturated carbocycles. The zero-order valence-electron chi connectivity index (χ0n) is 9.56. The van der Waals surface area contributed by atoms with Crippen LogP contribution >= 0.6 is 0 Å². The summed E-state index contributed by atoms with van der Waals surface area (Å²) >= 11 is 0. The van der Waals surface area contributed by atoms with Crippen molar-refractivity contribution in [1.29, 1.82) is 0 Å². The second-order valence-electron chi connectivity index (χ2n) is 3.84. The van der Waals surface area contributed by atoms with Crippen LogP contribution in [0.3, 0.4) is 0 Å². The van der Waals surface area contributed by atoms with E-state index >= 15 is 0 Å². The molecule has 0 atom stereocenters. The van der Waals surface area contributed by atoms with Crippen LogP contribution in [0.2, 0.25) is 0 Å². The molecule has 0 saturated heterocycles. The third kappa shape index (κ3) is 2.66. The Morgan fingerprint density at radius 1 is 1.31 bits per heavy atom. The monoisotopic (exact) mass is 212 g/mol. The number of nitrogens with zero attached hydrogens (tertiary/aromatic N) is 2. The highest BCUT2D eigenvalue weighted by Gasteiger charge is 1.94. The fourth-order valence-corrected chi connectivity index (χ4v) is 1.60. The molecule has 1 aromatic heterocycles. The van der Waals surface area contributed by atoms with Gasteiger partial charge in [0, 0.05) is 11.6 Å². The van der Waals surface area contributed by atoms with Gasteiger partial charge in [0.1, 0.15) is 0 Å². The molecule has 0 N–H and O–H groups in total. The summed E-state index contributed by atoms with van der Waals surface area (Å²) in [4.78, 5) is 8.77. The molecule has 0 aliphatic heterocycles. The number of hydrogen-bond acceptors (Lipinski definition) is 2. The van der Waals surface area contributed by atoms with E-state index in [0.717, 1.165) is 23.0 Å². The first-order valence-corrected chi connectivity index (χ1v) is 5.77. The van der Waals surface area contributed by atoms with E-state index < -0.39 is 0 Å². The molecule has 0 aliphatic carbocycles. The number of hydrogen-bond donors (Lipinski definition) is 0. The Bertz CT molecular complexity index is 489. The molecule has 0 amide bonds. The van der Waals surface area contributed by atoms with Crippen LogP contribution in [0.4, 0.5) is 5.69 Å². The molecule has 16 heavy (non-hydrogen) atoms. The summed E-state index contributed by atoms with van der Waals surface area (Å²) in [5.74, 6) is 0. The Morgan fingerprint density at radius 3 is 3.06 bits per heavy atom. The first kappa shape index (κ1) is 10.8. The van der Waals surface area contributed by atoms with Crippen molar-refractivity contribution in [3.8, 4) is 0 Å². The molecular weight excluding hydrogens is 196 g/mol. The normalized spacial score (nSPS) is 11.3. The highest BCUT2D eigenvalue weighted by Crippen LogP contribution is 2.17. The molecule has 0 radical (unpaired) electrons. The molecule has 0 aliphatic rings. The maximum atomic E-state index is 4.41. The van der Waals surface area contributed by atoms with Crippen LogP contribution in [0.25, 0.3) is 10.9 Å². The Hall–Kier alpha value is -1.70. The highest BCUT2D eigenvalue weighted by molar-refractivity contribution is 5.81. The average Bonchev–Trinajstić information content (AvgIpc) is 2.34. The Morgan fingerprint density at radius 2 is 2.19 bits per heavy atom. The van der Waals surface area contributed by atoms with Crippen LogP contribution in [-0.2, 0) is 0 Å². The van der Waals surface area contributed by atoms with Gasteiger partial charge in [-0.2, -0.15) is 0 Å². The molecule has 2 rings (SSSR count). The number of benzene rings is 1. The lowest BCUT2D eigenvalue weighted by Gasteiger charge is -1.97. The maximum Gasteiger partial charge on any atom is 0.0815 e. The van der Waals surface area contributed by atoms with Crippen LogP contribution in [0, 0.1) is 0 Å². The molecule has 1 heterocycles. The minimum Gasteiger partial charge on any atom is -0.260 e. The molecular formula is C14H16N2. The van der Waals surface area contributed by atoms with Gasteiger partial charge in [0.05, 0.1) is 17.4 Å². The topological polar surface area (TPSA) is 25.2 Å². The van der Waals surface area contributed by atoms with E-state index in [1.165, 1.54) is 12.8 Å². The minimum atomic E-state index is 0.940. The number of pyridine rings is 1. The first-order chi connectivity index (χ1) is 7.90. The molecule has 2 aromatic rings. The Labute approximate surface area is 96.1 Å². The van der Waals surface area contributed by atoms with Gasteiger partial charge in [-0.1, -0.05) is 31.5 Å². The molecule has 2 nitrogen and oxygen atoms in total. The van der Waals surface area contributed by atoms with Crippen molar-refractivity contribution >= 4 is 22.8 Å².